The molecule has 10 heteroatoms. The van der Waals surface area contributed by atoms with Gasteiger partial charge in [-0.2, -0.15) is 0 Å². The molecule has 45 heavy (non-hydrogen) atoms. The number of amides is 4. The molecule has 0 saturated heterocycles. The molecule has 0 aromatic rings. The van der Waals surface area contributed by atoms with Crippen LogP contribution in [0.1, 0.15) is 111 Å². The van der Waals surface area contributed by atoms with Crippen LogP contribution in [0.4, 0.5) is 9.59 Å². The fourth-order valence-corrected chi connectivity index (χ4v) is 10.8. The van der Waals surface area contributed by atoms with Crippen LogP contribution < -0.4 is 21.3 Å². The molecule has 8 fully saturated rings. The summed E-state index contributed by atoms with van der Waals surface area (Å²) < 4.78 is 9.61. The predicted octanol–water partition coefficient (Wildman–Crippen LogP) is 5.29. The van der Waals surface area contributed by atoms with Crippen LogP contribution in [-0.4, -0.2) is 61.4 Å². The van der Waals surface area contributed by atoms with Crippen LogP contribution in [0.3, 0.4) is 0 Å². The number of ether oxygens (including phenoxy) is 2. The Labute approximate surface area is 269 Å². The van der Waals surface area contributed by atoms with Crippen LogP contribution in [0.2, 0.25) is 0 Å². The minimum Gasteiger partial charge on any atom is -0.467 e. The highest BCUT2D eigenvalue weighted by molar-refractivity contribution is 5.84. The second-order valence-corrected chi connectivity index (χ2v) is 16.5. The van der Waals surface area contributed by atoms with Gasteiger partial charge in [0.15, 0.2) is 0 Å². The fraction of sp³-hybridized carbons (Fsp3) is 0.886. The molecule has 8 saturated carbocycles. The average molecular weight is 631 g/mol. The van der Waals surface area contributed by atoms with Crippen LogP contribution in [0.15, 0.2) is 0 Å². The van der Waals surface area contributed by atoms with Gasteiger partial charge in [0, 0.05) is 11.1 Å². The third-order valence-electron chi connectivity index (χ3n) is 11.7. The van der Waals surface area contributed by atoms with Gasteiger partial charge in [0.2, 0.25) is 0 Å². The average Bonchev–Trinajstić information content (AvgIpc) is 2.92. The minimum atomic E-state index is -0.584. The van der Waals surface area contributed by atoms with Gasteiger partial charge in [-0.3, -0.25) is 0 Å². The summed E-state index contributed by atoms with van der Waals surface area (Å²) in [6, 6.07) is -1.57. The molecular formula is C35H58N4O6. The summed E-state index contributed by atoms with van der Waals surface area (Å²) in [5.74, 6) is 4.30. The number of urea groups is 2. The molecule has 8 bridgehead atoms. The maximum absolute atomic E-state index is 12.5. The summed E-state index contributed by atoms with van der Waals surface area (Å²) >= 11 is 0. The predicted molar refractivity (Wildman–Crippen MR) is 171 cm³/mol. The molecule has 4 amide bonds. The lowest BCUT2D eigenvalue weighted by molar-refractivity contribution is -0.144. The van der Waals surface area contributed by atoms with Gasteiger partial charge in [0.25, 0.3) is 0 Å². The Morgan fingerprint density at radius 2 is 0.956 bits per heavy atom. The number of hydrogen-bond acceptors (Lipinski definition) is 6. The minimum absolute atomic E-state index is 0.00885. The van der Waals surface area contributed by atoms with Crippen molar-refractivity contribution in [1.29, 1.82) is 0 Å². The molecule has 0 radical (unpaired) electrons. The Morgan fingerprint density at radius 1 is 0.600 bits per heavy atom. The third-order valence-corrected chi connectivity index (χ3v) is 11.7. The topological polar surface area (TPSA) is 135 Å². The number of nitrogens with one attached hydrogen (secondary N) is 4. The van der Waals surface area contributed by atoms with E-state index in [0.29, 0.717) is 12.3 Å². The van der Waals surface area contributed by atoms with Gasteiger partial charge in [-0.05, 0) is 131 Å². The molecule has 0 aromatic carbocycles. The van der Waals surface area contributed by atoms with Crippen molar-refractivity contribution in [2.45, 2.75) is 134 Å². The van der Waals surface area contributed by atoms with E-state index in [1.807, 2.05) is 27.7 Å². The molecule has 0 spiro atoms. The van der Waals surface area contributed by atoms with Crippen LogP contribution in [-0.2, 0) is 19.1 Å². The van der Waals surface area contributed by atoms with E-state index in [1.165, 1.54) is 52.7 Å². The normalized spacial score (nSPS) is 36.4. The molecule has 0 aromatic heterocycles. The van der Waals surface area contributed by atoms with Crippen molar-refractivity contribution in [3.63, 3.8) is 0 Å². The first-order valence-electron chi connectivity index (χ1n) is 17.6. The zero-order valence-electron chi connectivity index (χ0n) is 28.4. The molecule has 1 unspecified atom stereocenters. The van der Waals surface area contributed by atoms with Gasteiger partial charge in [-0.1, -0.05) is 27.7 Å². The highest BCUT2D eigenvalue weighted by Gasteiger charge is 2.53. The van der Waals surface area contributed by atoms with E-state index >= 15 is 0 Å². The molecule has 2 atom stereocenters. The number of hydrogen-bond donors (Lipinski definition) is 4. The van der Waals surface area contributed by atoms with E-state index in [4.69, 9.17) is 9.47 Å². The molecular weight excluding hydrogens is 572 g/mol. The Bertz CT molecular complexity index is 1040. The zero-order chi connectivity index (χ0) is 32.5. The van der Waals surface area contributed by atoms with E-state index < -0.39 is 12.1 Å². The molecule has 8 rings (SSSR count). The lowest BCUT2D eigenvalue weighted by Crippen LogP contribution is -2.63. The van der Waals surface area contributed by atoms with Crippen LogP contribution in [0, 0.1) is 47.3 Å². The maximum Gasteiger partial charge on any atom is 0.328 e. The van der Waals surface area contributed by atoms with Gasteiger partial charge in [-0.15, -0.1) is 0 Å². The second kappa shape index (κ2) is 13.7. The Hall–Kier alpha value is -2.52. The Kier molecular flexibility index (Phi) is 10.3. The monoisotopic (exact) mass is 630 g/mol. The summed E-state index contributed by atoms with van der Waals surface area (Å²) in [5, 5.41) is 12.1. The van der Waals surface area contributed by atoms with E-state index in [0.717, 1.165) is 74.0 Å². The molecule has 4 N–H and O–H groups in total. The number of rotatable bonds is 9. The van der Waals surface area contributed by atoms with E-state index in [2.05, 4.69) is 21.3 Å². The lowest BCUT2D eigenvalue weighted by atomic mass is 9.53. The standard InChI is InChI=1S/C18H30N2O3.C17H28N2O3/c1-11(2)4-15(16(21)23-3)19-17(22)20-18-8-12-5-13(9-18)7-14(6-12)10-18;1-10(2)14(15(20)22-3)18-16(21)19-17-7-11-4-12(8-17)6-13(5-11)9-17/h11-15H,4-10H2,1-3H3,(H2,19,20,22);10-14H,4-9H2,1-3H3,(H2,18,19,21)/t12?,13?,14?,15-,18?;/m0./s1. The number of carbonyl (C=O) groups is 4. The summed E-state index contributed by atoms with van der Waals surface area (Å²) in [5.41, 5.74) is -0.0617. The number of methoxy groups -OCH3 is 2. The second-order valence-electron chi connectivity index (χ2n) is 16.5. The Morgan fingerprint density at radius 3 is 1.27 bits per heavy atom. The highest BCUT2D eigenvalue weighted by Crippen LogP contribution is 2.56. The highest BCUT2D eigenvalue weighted by atomic mass is 16.5. The van der Waals surface area contributed by atoms with Crippen molar-refractivity contribution in [2.75, 3.05) is 14.2 Å². The van der Waals surface area contributed by atoms with E-state index in [9.17, 15) is 19.2 Å². The van der Waals surface area contributed by atoms with Crippen molar-refractivity contribution in [2.24, 2.45) is 47.3 Å². The maximum atomic E-state index is 12.5. The first-order chi connectivity index (χ1) is 21.3. The van der Waals surface area contributed by atoms with Crippen molar-refractivity contribution in [3.05, 3.63) is 0 Å². The first-order valence-corrected chi connectivity index (χ1v) is 17.6. The van der Waals surface area contributed by atoms with Gasteiger partial charge in [-0.25, -0.2) is 19.2 Å². The van der Waals surface area contributed by atoms with Crippen molar-refractivity contribution in [1.82, 2.24) is 21.3 Å². The van der Waals surface area contributed by atoms with Crippen LogP contribution in [0.5, 0.6) is 0 Å². The molecule has 0 aliphatic heterocycles. The molecule has 8 aliphatic carbocycles. The van der Waals surface area contributed by atoms with Crippen LogP contribution >= 0.6 is 0 Å². The van der Waals surface area contributed by atoms with Gasteiger partial charge in [0.05, 0.1) is 14.2 Å². The van der Waals surface area contributed by atoms with E-state index in [-0.39, 0.29) is 41.0 Å². The SMILES string of the molecule is COC(=O)C(NC(=O)NC12CC3CC(CC(C3)C1)C2)C(C)C.COC(=O)[C@H](CC(C)C)NC(=O)NC12CC3CC(CC(C3)C1)C2. The lowest BCUT2D eigenvalue weighted by Gasteiger charge is -2.56. The van der Waals surface area contributed by atoms with Crippen molar-refractivity contribution >= 4 is 24.0 Å². The smallest absolute Gasteiger partial charge is 0.328 e. The molecule has 0 heterocycles. The number of carbonyl (C=O) groups excluding carboxylic acids is 4. The van der Waals surface area contributed by atoms with Crippen molar-refractivity contribution < 1.29 is 28.7 Å². The summed E-state index contributed by atoms with van der Waals surface area (Å²) in [7, 11) is 2.73. The van der Waals surface area contributed by atoms with Gasteiger partial charge in [0.1, 0.15) is 12.1 Å². The zero-order valence-corrected chi connectivity index (χ0v) is 28.4. The molecule has 10 nitrogen and oxygen atoms in total. The largest absolute Gasteiger partial charge is 0.467 e. The van der Waals surface area contributed by atoms with Crippen molar-refractivity contribution in [3.8, 4) is 0 Å². The van der Waals surface area contributed by atoms with Gasteiger partial charge < -0.3 is 30.7 Å². The van der Waals surface area contributed by atoms with E-state index in [1.54, 1.807) is 0 Å². The first kappa shape index (κ1) is 33.8. The third kappa shape index (κ3) is 8.07. The fourth-order valence-electron chi connectivity index (χ4n) is 10.8. The Balaban J connectivity index is 0.000000178. The molecule has 254 valence electrons. The molecule has 8 aliphatic rings. The van der Waals surface area contributed by atoms with Crippen LogP contribution in [0.25, 0.3) is 0 Å². The summed E-state index contributed by atoms with van der Waals surface area (Å²) in [6.07, 6.45) is 15.3. The summed E-state index contributed by atoms with van der Waals surface area (Å²) in [4.78, 5) is 48.6. The quantitative estimate of drug-likeness (QED) is 0.256. The summed E-state index contributed by atoms with van der Waals surface area (Å²) in [6.45, 7) is 7.89. The number of esters is 2. The van der Waals surface area contributed by atoms with Gasteiger partial charge >= 0.3 is 24.0 Å².